The summed E-state index contributed by atoms with van der Waals surface area (Å²) in [7, 11) is 0. The Morgan fingerprint density at radius 2 is 1.50 bits per heavy atom. The van der Waals surface area contributed by atoms with E-state index >= 15 is 0 Å². The molecule has 2 aromatic carbocycles. The van der Waals surface area contributed by atoms with Crippen LogP contribution in [0.5, 0.6) is 11.5 Å². The molecule has 5 nitrogen and oxygen atoms in total. The van der Waals surface area contributed by atoms with E-state index in [9.17, 15) is 9.59 Å². The van der Waals surface area contributed by atoms with E-state index in [1.165, 1.54) is 25.7 Å². The molecule has 0 spiro atoms. The predicted octanol–water partition coefficient (Wildman–Crippen LogP) is 7.26. The molecule has 0 aromatic heterocycles. The lowest BCUT2D eigenvalue weighted by molar-refractivity contribution is 0.0496. The van der Waals surface area contributed by atoms with E-state index in [0.29, 0.717) is 23.5 Å². The molecule has 0 bridgehead atoms. The van der Waals surface area contributed by atoms with Crippen LogP contribution < -0.4 is 9.47 Å². The Balaban J connectivity index is 1.55. The number of benzene rings is 2. The SMILES string of the molecule is CCCCCCCCOC(=O)c1ccc(OC(=O)c2ccc3c(c2)C(C)(C)CC(C)(C)O3)cc1. The summed E-state index contributed by atoms with van der Waals surface area (Å²) >= 11 is 0. The smallest absolute Gasteiger partial charge is 0.343 e. The molecule has 1 aliphatic rings. The topological polar surface area (TPSA) is 61.8 Å². The lowest BCUT2D eigenvalue weighted by Gasteiger charge is -2.42. The van der Waals surface area contributed by atoms with Crippen LogP contribution in [0, 0.1) is 0 Å². The number of fused-ring (bicyclic) bond motifs is 1. The molecule has 34 heavy (non-hydrogen) atoms. The molecule has 0 N–H and O–H groups in total. The Kier molecular flexibility index (Phi) is 8.40. The molecule has 0 radical (unpaired) electrons. The molecule has 5 heteroatoms. The Hall–Kier alpha value is -2.82. The lowest BCUT2D eigenvalue weighted by Crippen LogP contribution is -2.41. The number of carbonyl (C=O) groups excluding carboxylic acids is 2. The van der Waals surface area contributed by atoms with Gasteiger partial charge in [-0.05, 0) is 74.6 Å². The van der Waals surface area contributed by atoms with Gasteiger partial charge in [0.05, 0.1) is 17.7 Å². The minimum Gasteiger partial charge on any atom is -0.488 e. The van der Waals surface area contributed by atoms with E-state index in [1.807, 2.05) is 12.1 Å². The molecule has 0 atom stereocenters. The van der Waals surface area contributed by atoms with Crippen molar-refractivity contribution in [3.63, 3.8) is 0 Å². The van der Waals surface area contributed by atoms with Crippen LogP contribution in [0.1, 0.15) is 106 Å². The lowest BCUT2D eigenvalue weighted by atomic mass is 9.73. The van der Waals surface area contributed by atoms with Crippen LogP contribution in [-0.4, -0.2) is 24.1 Å². The molecule has 0 fully saturated rings. The zero-order chi connectivity index (χ0) is 24.8. The number of carbonyl (C=O) groups is 2. The fourth-order valence-electron chi connectivity index (χ4n) is 4.72. The van der Waals surface area contributed by atoms with Crippen molar-refractivity contribution in [2.24, 2.45) is 0 Å². The van der Waals surface area contributed by atoms with Crippen LogP contribution in [0.4, 0.5) is 0 Å². The van der Waals surface area contributed by atoms with Crippen LogP contribution >= 0.6 is 0 Å². The summed E-state index contributed by atoms with van der Waals surface area (Å²) in [5, 5.41) is 0. The molecule has 1 aliphatic heterocycles. The summed E-state index contributed by atoms with van der Waals surface area (Å²) in [6.45, 7) is 11.1. The second-order valence-electron chi connectivity index (χ2n) is 10.5. The maximum absolute atomic E-state index is 12.8. The van der Waals surface area contributed by atoms with Gasteiger partial charge in [0.2, 0.25) is 0 Å². The van der Waals surface area contributed by atoms with Gasteiger partial charge in [-0.25, -0.2) is 9.59 Å². The van der Waals surface area contributed by atoms with Crippen molar-refractivity contribution in [3.8, 4) is 11.5 Å². The average Bonchev–Trinajstić information content (AvgIpc) is 2.77. The Bertz CT molecular complexity index is 988. The van der Waals surface area contributed by atoms with Crippen molar-refractivity contribution in [2.45, 2.75) is 90.6 Å². The maximum Gasteiger partial charge on any atom is 0.343 e. The first-order valence-electron chi connectivity index (χ1n) is 12.4. The first-order valence-corrected chi connectivity index (χ1v) is 12.4. The highest BCUT2D eigenvalue weighted by Gasteiger charge is 2.39. The first-order chi connectivity index (χ1) is 16.1. The van der Waals surface area contributed by atoms with Crippen LogP contribution in [0.2, 0.25) is 0 Å². The number of rotatable bonds is 10. The van der Waals surface area contributed by atoms with Gasteiger partial charge in [0.25, 0.3) is 0 Å². The third kappa shape index (κ3) is 6.85. The fraction of sp³-hybridized carbons (Fsp3) is 0.517. The minimum absolute atomic E-state index is 0.120. The van der Waals surface area contributed by atoms with Crippen molar-refractivity contribution >= 4 is 11.9 Å². The maximum atomic E-state index is 12.8. The highest BCUT2D eigenvalue weighted by Crippen LogP contribution is 2.44. The molecule has 0 unspecified atom stereocenters. The van der Waals surface area contributed by atoms with Gasteiger partial charge >= 0.3 is 11.9 Å². The molecule has 1 heterocycles. The van der Waals surface area contributed by atoms with Crippen molar-refractivity contribution in [3.05, 3.63) is 59.2 Å². The van der Waals surface area contributed by atoms with Crippen LogP contribution in [0.15, 0.2) is 42.5 Å². The van der Waals surface area contributed by atoms with Gasteiger partial charge in [0.15, 0.2) is 0 Å². The molecular weight excluding hydrogens is 428 g/mol. The monoisotopic (exact) mass is 466 g/mol. The van der Waals surface area contributed by atoms with Crippen molar-refractivity contribution in [2.75, 3.05) is 6.61 Å². The van der Waals surface area contributed by atoms with Gasteiger partial charge in [0, 0.05) is 5.56 Å². The van der Waals surface area contributed by atoms with Gasteiger partial charge in [-0.15, -0.1) is 0 Å². The van der Waals surface area contributed by atoms with Gasteiger partial charge < -0.3 is 14.2 Å². The summed E-state index contributed by atoms with van der Waals surface area (Å²) in [4.78, 5) is 25.0. The van der Waals surface area contributed by atoms with E-state index in [0.717, 1.165) is 30.6 Å². The second-order valence-corrected chi connectivity index (χ2v) is 10.5. The zero-order valence-corrected chi connectivity index (χ0v) is 21.2. The van der Waals surface area contributed by atoms with Crippen LogP contribution in [0.3, 0.4) is 0 Å². The van der Waals surface area contributed by atoms with Crippen molar-refractivity contribution < 1.29 is 23.8 Å². The zero-order valence-electron chi connectivity index (χ0n) is 21.2. The Morgan fingerprint density at radius 3 is 2.21 bits per heavy atom. The van der Waals surface area contributed by atoms with E-state index in [-0.39, 0.29) is 17.0 Å². The van der Waals surface area contributed by atoms with Gasteiger partial charge in [-0.1, -0.05) is 52.9 Å². The van der Waals surface area contributed by atoms with E-state index in [4.69, 9.17) is 14.2 Å². The minimum atomic E-state index is -0.443. The molecule has 0 saturated heterocycles. The summed E-state index contributed by atoms with van der Waals surface area (Å²) in [5.74, 6) is 0.390. The highest BCUT2D eigenvalue weighted by molar-refractivity contribution is 5.92. The Labute approximate surface area is 203 Å². The van der Waals surface area contributed by atoms with E-state index in [2.05, 4.69) is 34.6 Å². The number of esters is 2. The first kappa shape index (κ1) is 25.8. The average molecular weight is 467 g/mol. The summed E-state index contributed by atoms with van der Waals surface area (Å²) in [5.41, 5.74) is 1.55. The summed E-state index contributed by atoms with van der Waals surface area (Å²) < 4.78 is 17.0. The summed E-state index contributed by atoms with van der Waals surface area (Å²) in [6.07, 6.45) is 7.70. The normalized spacial score (nSPS) is 15.7. The quantitative estimate of drug-likeness (QED) is 0.209. The number of unbranched alkanes of at least 4 members (excludes halogenated alkanes) is 5. The van der Waals surface area contributed by atoms with Gasteiger partial charge in [-0.2, -0.15) is 0 Å². The molecule has 3 rings (SSSR count). The molecule has 0 amide bonds. The summed E-state index contributed by atoms with van der Waals surface area (Å²) in [6, 6.07) is 11.9. The number of hydrogen-bond acceptors (Lipinski definition) is 5. The van der Waals surface area contributed by atoms with Crippen LogP contribution in [0.25, 0.3) is 0 Å². The Morgan fingerprint density at radius 1 is 0.853 bits per heavy atom. The number of hydrogen-bond donors (Lipinski definition) is 0. The molecule has 0 saturated carbocycles. The predicted molar refractivity (Wildman–Crippen MR) is 134 cm³/mol. The van der Waals surface area contributed by atoms with Crippen molar-refractivity contribution in [1.82, 2.24) is 0 Å². The van der Waals surface area contributed by atoms with E-state index in [1.54, 1.807) is 30.3 Å². The van der Waals surface area contributed by atoms with Gasteiger partial charge in [0.1, 0.15) is 17.1 Å². The second kappa shape index (κ2) is 11.1. The van der Waals surface area contributed by atoms with Crippen molar-refractivity contribution in [1.29, 1.82) is 0 Å². The highest BCUT2D eigenvalue weighted by atomic mass is 16.5. The third-order valence-corrected chi connectivity index (χ3v) is 6.23. The third-order valence-electron chi connectivity index (χ3n) is 6.23. The standard InChI is InChI=1S/C29H38O5/c1-6-7-8-9-10-11-18-32-26(30)21-12-15-23(16-13-21)33-27(31)22-14-17-25-24(19-22)28(2,3)20-29(4,5)34-25/h12-17,19H,6-11,18,20H2,1-5H3. The van der Waals surface area contributed by atoms with E-state index < -0.39 is 5.97 Å². The molecule has 0 aliphatic carbocycles. The van der Waals surface area contributed by atoms with Gasteiger partial charge in [-0.3, -0.25) is 0 Å². The largest absolute Gasteiger partial charge is 0.488 e. The molecular formula is C29H38O5. The number of ether oxygens (including phenoxy) is 3. The van der Waals surface area contributed by atoms with Crippen LogP contribution in [-0.2, 0) is 10.2 Å². The molecule has 184 valence electrons. The fourth-order valence-corrected chi connectivity index (χ4v) is 4.72. The molecule has 2 aromatic rings.